The van der Waals surface area contributed by atoms with Crippen molar-refractivity contribution in [2.24, 2.45) is 0 Å². The molecule has 1 N–H and O–H groups in total. The number of nitrogens with one attached hydrogen (secondary N) is 1. The third-order valence-electron chi connectivity index (χ3n) is 3.50. The maximum Gasteiger partial charge on any atom is 0.345 e. The number of rotatable bonds is 5. The maximum absolute atomic E-state index is 12.0. The lowest BCUT2D eigenvalue weighted by atomic mass is 10.1. The van der Waals surface area contributed by atoms with Crippen molar-refractivity contribution in [3.05, 3.63) is 68.2 Å². The van der Waals surface area contributed by atoms with Crippen LogP contribution in [0.4, 0.5) is 11.4 Å². The molecule has 0 aromatic heterocycles. The first-order valence-corrected chi connectivity index (χ1v) is 7.64. The van der Waals surface area contributed by atoms with E-state index in [2.05, 4.69) is 5.32 Å². The summed E-state index contributed by atoms with van der Waals surface area (Å²) >= 11 is 5.75. The van der Waals surface area contributed by atoms with Crippen LogP contribution < -0.4 is 5.32 Å². The van der Waals surface area contributed by atoms with Crippen LogP contribution in [0.15, 0.2) is 36.4 Å². The predicted molar refractivity (Wildman–Crippen MR) is 92.9 cm³/mol. The highest BCUT2D eigenvalue weighted by molar-refractivity contribution is 6.31. The molecule has 0 radical (unpaired) electrons. The Bertz CT molecular complexity index is 851. The van der Waals surface area contributed by atoms with Crippen LogP contribution >= 0.6 is 11.6 Å². The molecule has 130 valence electrons. The number of aryl methyl sites for hydroxylation is 2. The van der Waals surface area contributed by atoms with E-state index < -0.39 is 29.1 Å². The lowest BCUT2D eigenvalue weighted by Crippen LogP contribution is -2.21. The van der Waals surface area contributed by atoms with Crippen LogP contribution in [0.3, 0.4) is 0 Å². The minimum Gasteiger partial charge on any atom is -0.452 e. The lowest BCUT2D eigenvalue weighted by Gasteiger charge is -2.09. The number of nitrogens with zero attached hydrogens (tertiary/aromatic N) is 1. The highest BCUT2D eigenvalue weighted by atomic mass is 35.5. The van der Waals surface area contributed by atoms with Crippen LogP contribution in [0.2, 0.25) is 5.02 Å². The lowest BCUT2D eigenvalue weighted by molar-refractivity contribution is -0.385. The summed E-state index contributed by atoms with van der Waals surface area (Å²) in [4.78, 5) is 34.1. The normalized spacial score (nSPS) is 10.2. The first kappa shape index (κ1) is 18.4. The van der Waals surface area contributed by atoms with Crippen molar-refractivity contribution >= 4 is 34.9 Å². The molecule has 0 saturated carbocycles. The van der Waals surface area contributed by atoms with Gasteiger partial charge in [0.25, 0.3) is 11.6 Å². The largest absolute Gasteiger partial charge is 0.452 e. The molecule has 25 heavy (non-hydrogen) atoms. The van der Waals surface area contributed by atoms with Crippen LogP contribution in [0.5, 0.6) is 0 Å². The maximum atomic E-state index is 12.0. The van der Waals surface area contributed by atoms with Crippen LogP contribution in [0, 0.1) is 24.0 Å². The van der Waals surface area contributed by atoms with Gasteiger partial charge in [0, 0.05) is 16.8 Å². The zero-order valence-electron chi connectivity index (χ0n) is 13.5. The molecule has 0 aliphatic heterocycles. The van der Waals surface area contributed by atoms with Gasteiger partial charge in [0.05, 0.1) is 4.92 Å². The summed E-state index contributed by atoms with van der Waals surface area (Å²) in [6, 6.07) is 8.90. The Hall–Kier alpha value is -2.93. The van der Waals surface area contributed by atoms with Crippen molar-refractivity contribution in [1.29, 1.82) is 0 Å². The third-order valence-corrected chi connectivity index (χ3v) is 3.74. The van der Waals surface area contributed by atoms with E-state index in [-0.39, 0.29) is 10.6 Å². The predicted octanol–water partition coefficient (Wildman–Crippen LogP) is 3.66. The van der Waals surface area contributed by atoms with Crippen LogP contribution in [0.25, 0.3) is 0 Å². The Morgan fingerprint density at radius 2 is 1.88 bits per heavy atom. The molecule has 0 heterocycles. The first-order chi connectivity index (χ1) is 11.8. The number of nitro groups is 1. The Balaban J connectivity index is 2.02. The van der Waals surface area contributed by atoms with Crippen molar-refractivity contribution in [2.45, 2.75) is 13.8 Å². The molecule has 8 heteroatoms. The summed E-state index contributed by atoms with van der Waals surface area (Å²) in [5, 5.41) is 13.7. The van der Waals surface area contributed by atoms with Gasteiger partial charge < -0.3 is 10.1 Å². The molecule has 2 rings (SSSR count). The Labute approximate surface area is 148 Å². The van der Waals surface area contributed by atoms with Crippen molar-refractivity contribution in [3.8, 4) is 0 Å². The van der Waals surface area contributed by atoms with E-state index in [0.717, 1.165) is 23.3 Å². The van der Waals surface area contributed by atoms with Crippen molar-refractivity contribution in [2.75, 3.05) is 11.9 Å². The molecule has 0 unspecified atom stereocenters. The number of benzene rings is 2. The molecule has 7 nitrogen and oxygen atoms in total. The summed E-state index contributed by atoms with van der Waals surface area (Å²) in [6.07, 6.45) is 0. The molecule has 0 spiro atoms. The SMILES string of the molecule is Cc1ccc(NC(=O)COC(=O)c2cc(Cl)ccc2[N+](=O)[O-])cc1C. The number of hydrogen-bond donors (Lipinski definition) is 1. The van der Waals surface area contributed by atoms with Gasteiger partial charge in [0.15, 0.2) is 6.61 Å². The average molecular weight is 363 g/mol. The zero-order chi connectivity index (χ0) is 18.6. The molecule has 0 aliphatic rings. The number of amides is 1. The fraction of sp³-hybridized carbons (Fsp3) is 0.176. The molecule has 0 atom stereocenters. The van der Waals surface area contributed by atoms with Crippen LogP contribution in [-0.2, 0) is 9.53 Å². The number of halogens is 1. The van der Waals surface area contributed by atoms with E-state index in [1.807, 2.05) is 19.9 Å². The summed E-state index contributed by atoms with van der Waals surface area (Å²) in [5.74, 6) is -1.55. The van der Waals surface area contributed by atoms with E-state index in [1.54, 1.807) is 12.1 Å². The van der Waals surface area contributed by atoms with Gasteiger partial charge in [0.1, 0.15) is 5.56 Å². The van der Waals surface area contributed by atoms with Crippen molar-refractivity contribution in [3.63, 3.8) is 0 Å². The number of anilines is 1. The Morgan fingerprint density at radius 3 is 2.52 bits per heavy atom. The summed E-state index contributed by atoms with van der Waals surface area (Å²) in [5.41, 5.74) is 1.90. The van der Waals surface area contributed by atoms with Gasteiger partial charge in [0.2, 0.25) is 0 Å². The zero-order valence-corrected chi connectivity index (χ0v) is 14.3. The van der Waals surface area contributed by atoms with E-state index in [4.69, 9.17) is 16.3 Å². The number of esters is 1. The highest BCUT2D eigenvalue weighted by Crippen LogP contribution is 2.23. The third kappa shape index (κ3) is 4.77. The smallest absolute Gasteiger partial charge is 0.345 e. The molecule has 0 aliphatic carbocycles. The number of hydrogen-bond acceptors (Lipinski definition) is 5. The quantitative estimate of drug-likeness (QED) is 0.497. The summed E-state index contributed by atoms with van der Waals surface area (Å²) in [6.45, 7) is 3.28. The van der Waals surface area contributed by atoms with E-state index >= 15 is 0 Å². The van der Waals surface area contributed by atoms with E-state index in [9.17, 15) is 19.7 Å². The van der Waals surface area contributed by atoms with E-state index in [0.29, 0.717) is 5.69 Å². The molecule has 0 saturated heterocycles. The molecular formula is C17H15ClN2O5. The summed E-state index contributed by atoms with van der Waals surface area (Å²) in [7, 11) is 0. The fourth-order valence-electron chi connectivity index (χ4n) is 2.06. The second kappa shape index (κ2) is 7.76. The van der Waals surface area contributed by atoms with E-state index in [1.165, 1.54) is 6.07 Å². The minimum absolute atomic E-state index is 0.150. The molecule has 0 bridgehead atoms. The number of ether oxygens (including phenoxy) is 1. The minimum atomic E-state index is -0.996. The van der Waals surface area contributed by atoms with Crippen LogP contribution in [-0.4, -0.2) is 23.4 Å². The monoisotopic (exact) mass is 362 g/mol. The van der Waals surface area contributed by atoms with Gasteiger partial charge in [-0.1, -0.05) is 17.7 Å². The van der Waals surface area contributed by atoms with Crippen molar-refractivity contribution in [1.82, 2.24) is 0 Å². The van der Waals surface area contributed by atoms with Gasteiger partial charge in [-0.3, -0.25) is 14.9 Å². The molecule has 1 amide bonds. The fourth-order valence-corrected chi connectivity index (χ4v) is 2.23. The summed E-state index contributed by atoms with van der Waals surface area (Å²) < 4.78 is 4.85. The standard InChI is InChI=1S/C17H15ClN2O5/c1-10-3-5-13(7-11(10)2)19-16(21)9-25-17(22)14-8-12(18)4-6-15(14)20(23)24/h3-8H,9H2,1-2H3,(H,19,21). The van der Waals surface area contributed by atoms with Gasteiger partial charge in [-0.15, -0.1) is 0 Å². The number of carbonyl (C=O) groups is 2. The van der Waals surface area contributed by atoms with Gasteiger partial charge in [-0.25, -0.2) is 4.79 Å². The average Bonchev–Trinajstić information content (AvgIpc) is 2.55. The first-order valence-electron chi connectivity index (χ1n) is 7.26. The van der Waals surface area contributed by atoms with Gasteiger partial charge >= 0.3 is 5.97 Å². The van der Waals surface area contributed by atoms with Crippen LogP contribution in [0.1, 0.15) is 21.5 Å². The number of nitro benzene ring substituents is 1. The Morgan fingerprint density at radius 1 is 1.16 bits per heavy atom. The molecule has 0 fully saturated rings. The Kier molecular flexibility index (Phi) is 5.71. The van der Waals surface area contributed by atoms with Gasteiger partial charge in [-0.2, -0.15) is 0 Å². The van der Waals surface area contributed by atoms with Gasteiger partial charge in [-0.05, 0) is 49.2 Å². The second-order valence-electron chi connectivity index (χ2n) is 5.34. The molecular weight excluding hydrogens is 348 g/mol. The highest BCUT2D eigenvalue weighted by Gasteiger charge is 2.22. The topological polar surface area (TPSA) is 98.5 Å². The number of carbonyl (C=O) groups excluding carboxylic acids is 2. The van der Waals surface area contributed by atoms with Crippen molar-refractivity contribution < 1.29 is 19.2 Å². The molecule has 2 aromatic rings. The second-order valence-corrected chi connectivity index (χ2v) is 5.78. The molecule has 2 aromatic carbocycles.